The molecule has 0 aliphatic rings. The second-order valence-electron chi connectivity index (χ2n) is 7.10. The molecule has 0 aliphatic carbocycles. The highest BCUT2D eigenvalue weighted by Crippen LogP contribution is 2.35. The molecule has 0 atom stereocenters. The highest BCUT2D eigenvalue weighted by Gasteiger charge is 2.36. The number of hydrogen-bond donors (Lipinski definition) is 1. The van der Waals surface area contributed by atoms with Gasteiger partial charge in [0.25, 0.3) is 0 Å². The van der Waals surface area contributed by atoms with Crippen molar-refractivity contribution < 1.29 is 17.9 Å². The van der Waals surface area contributed by atoms with Gasteiger partial charge in [-0.15, -0.1) is 0 Å². The minimum atomic E-state index is -4.61. The van der Waals surface area contributed by atoms with Gasteiger partial charge in [0.15, 0.2) is 0 Å². The van der Waals surface area contributed by atoms with Crippen LogP contribution in [0.1, 0.15) is 30.5 Å². The summed E-state index contributed by atoms with van der Waals surface area (Å²) in [7, 11) is 0. The Labute approximate surface area is 167 Å². The average Bonchev–Trinajstić information content (AvgIpc) is 2.67. The molecule has 3 aromatic rings. The van der Waals surface area contributed by atoms with Crippen molar-refractivity contribution in [2.75, 3.05) is 5.32 Å². The van der Waals surface area contributed by atoms with E-state index in [4.69, 9.17) is 4.74 Å². The number of rotatable bonds is 7. The van der Waals surface area contributed by atoms with E-state index in [0.29, 0.717) is 11.6 Å². The van der Waals surface area contributed by atoms with Gasteiger partial charge in [-0.2, -0.15) is 18.2 Å². The first-order valence-corrected chi connectivity index (χ1v) is 9.28. The van der Waals surface area contributed by atoms with Gasteiger partial charge in [-0.3, -0.25) is 0 Å². The van der Waals surface area contributed by atoms with E-state index in [2.05, 4.69) is 29.1 Å². The first kappa shape index (κ1) is 20.6. The first-order valence-electron chi connectivity index (χ1n) is 9.28. The molecule has 1 aromatic heterocycles. The van der Waals surface area contributed by atoms with Gasteiger partial charge >= 0.3 is 6.18 Å². The molecule has 1 N–H and O–H groups in total. The molecule has 0 spiro atoms. The minimum absolute atomic E-state index is 0.0235. The minimum Gasteiger partial charge on any atom is -0.472 e. The second kappa shape index (κ2) is 8.94. The number of benzene rings is 2. The smallest absolute Gasteiger partial charge is 0.423 e. The van der Waals surface area contributed by atoms with Crippen LogP contribution >= 0.6 is 0 Å². The molecule has 3 rings (SSSR count). The van der Waals surface area contributed by atoms with E-state index < -0.39 is 17.6 Å². The SMILES string of the molecule is CC(C)Cc1ccc(Nc2ncc(C(F)(F)F)c(OCc3ccccc3)n2)cc1. The molecule has 0 radical (unpaired) electrons. The summed E-state index contributed by atoms with van der Waals surface area (Å²) in [6.45, 7) is 4.25. The molecule has 0 amide bonds. The Balaban J connectivity index is 1.79. The van der Waals surface area contributed by atoms with Crippen LogP contribution in [0.15, 0.2) is 60.8 Å². The summed E-state index contributed by atoms with van der Waals surface area (Å²) >= 11 is 0. The van der Waals surface area contributed by atoms with Crippen molar-refractivity contribution >= 4 is 11.6 Å². The molecule has 0 saturated heterocycles. The van der Waals surface area contributed by atoms with Gasteiger partial charge in [-0.05, 0) is 35.6 Å². The number of nitrogens with one attached hydrogen (secondary N) is 1. The van der Waals surface area contributed by atoms with Crippen molar-refractivity contribution in [2.24, 2.45) is 5.92 Å². The Bertz CT molecular complexity index is 926. The number of aromatic nitrogens is 2. The summed E-state index contributed by atoms with van der Waals surface area (Å²) in [6.07, 6.45) is -2.92. The quantitative estimate of drug-likeness (QED) is 0.526. The van der Waals surface area contributed by atoms with Crippen LogP contribution in [0, 0.1) is 5.92 Å². The van der Waals surface area contributed by atoms with Gasteiger partial charge in [-0.25, -0.2) is 4.98 Å². The standard InChI is InChI=1S/C22H22F3N3O/c1-15(2)12-16-8-10-18(11-9-16)27-21-26-13-19(22(23,24)25)20(28-21)29-14-17-6-4-3-5-7-17/h3-11,13,15H,12,14H2,1-2H3,(H,26,27,28). The molecule has 0 aliphatic heterocycles. The molecular weight excluding hydrogens is 379 g/mol. The van der Waals surface area contributed by atoms with Crippen molar-refractivity contribution in [1.82, 2.24) is 9.97 Å². The third-order valence-corrected chi connectivity index (χ3v) is 4.13. The third kappa shape index (κ3) is 5.94. The Morgan fingerprint density at radius 2 is 1.66 bits per heavy atom. The van der Waals surface area contributed by atoms with Gasteiger partial charge in [0.05, 0.1) is 0 Å². The van der Waals surface area contributed by atoms with Crippen molar-refractivity contribution in [3.8, 4) is 5.88 Å². The molecule has 7 heteroatoms. The topological polar surface area (TPSA) is 47.0 Å². The van der Waals surface area contributed by atoms with Gasteiger partial charge in [0.2, 0.25) is 11.8 Å². The molecule has 0 bridgehead atoms. The lowest BCUT2D eigenvalue weighted by Crippen LogP contribution is -2.12. The van der Waals surface area contributed by atoms with Gasteiger partial charge < -0.3 is 10.1 Å². The fourth-order valence-corrected chi connectivity index (χ4v) is 2.78. The predicted molar refractivity (Wildman–Crippen MR) is 106 cm³/mol. The highest BCUT2D eigenvalue weighted by atomic mass is 19.4. The molecular formula is C22H22F3N3O. The number of alkyl halides is 3. The van der Waals surface area contributed by atoms with E-state index in [0.717, 1.165) is 18.2 Å². The maximum Gasteiger partial charge on any atom is 0.423 e. The molecule has 0 unspecified atom stereocenters. The van der Waals surface area contributed by atoms with Crippen LogP contribution in [-0.2, 0) is 19.2 Å². The number of hydrogen-bond acceptors (Lipinski definition) is 4. The molecule has 29 heavy (non-hydrogen) atoms. The lowest BCUT2D eigenvalue weighted by atomic mass is 10.0. The lowest BCUT2D eigenvalue weighted by molar-refractivity contribution is -0.139. The van der Waals surface area contributed by atoms with E-state index in [1.807, 2.05) is 30.3 Å². The molecule has 2 aromatic carbocycles. The van der Waals surface area contributed by atoms with Crippen molar-refractivity contribution in [3.63, 3.8) is 0 Å². The summed E-state index contributed by atoms with van der Waals surface area (Å²) in [4.78, 5) is 7.76. The molecule has 0 fully saturated rings. The fourth-order valence-electron chi connectivity index (χ4n) is 2.78. The Morgan fingerprint density at radius 1 is 0.966 bits per heavy atom. The lowest BCUT2D eigenvalue weighted by Gasteiger charge is -2.14. The van der Waals surface area contributed by atoms with Crippen LogP contribution in [-0.4, -0.2) is 9.97 Å². The van der Waals surface area contributed by atoms with Crippen LogP contribution < -0.4 is 10.1 Å². The number of halogens is 3. The van der Waals surface area contributed by atoms with Crippen LogP contribution in [0.3, 0.4) is 0 Å². The number of ether oxygens (including phenoxy) is 1. The molecule has 1 heterocycles. The fraction of sp³-hybridized carbons (Fsp3) is 0.273. The number of nitrogens with zero attached hydrogens (tertiary/aromatic N) is 2. The van der Waals surface area contributed by atoms with Gasteiger partial charge in [0.1, 0.15) is 12.2 Å². The largest absolute Gasteiger partial charge is 0.472 e. The zero-order chi connectivity index (χ0) is 20.9. The Morgan fingerprint density at radius 3 is 2.28 bits per heavy atom. The second-order valence-corrected chi connectivity index (χ2v) is 7.10. The summed E-state index contributed by atoms with van der Waals surface area (Å²) < 4.78 is 45.3. The maximum absolute atomic E-state index is 13.3. The van der Waals surface area contributed by atoms with Crippen molar-refractivity contribution in [1.29, 1.82) is 0 Å². The van der Waals surface area contributed by atoms with E-state index in [1.165, 1.54) is 5.56 Å². The summed E-state index contributed by atoms with van der Waals surface area (Å²) in [6, 6.07) is 16.6. The Kier molecular flexibility index (Phi) is 6.36. The summed E-state index contributed by atoms with van der Waals surface area (Å²) in [5, 5.41) is 2.93. The first-order chi connectivity index (χ1) is 13.8. The average molecular weight is 401 g/mol. The van der Waals surface area contributed by atoms with Crippen LogP contribution in [0.4, 0.5) is 24.8 Å². The van der Waals surface area contributed by atoms with E-state index >= 15 is 0 Å². The van der Waals surface area contributed by atoms with Crippen molar-refractivity contribution in [3.05, 3.63) is 77.5 Å². The third-order valence-electron chi connectivity index (χ3n) is 4.13. The summed E-state index contributed by atoms with van der Waals surface area (Å²) in [5.74, 6) is 0.0735. The van der Waals surface area contributed by atoms with Gasteiger partial charge in [0, 0.05) is 11.9 Å². The van der Waals surface area contributed by atoms with Gasteiger partial charge in [-0.1, -0.05) is 56.3 Å². The molecule has 152 valence electrons. The van der Waals surface area contributed by atoms with E-state index in [9.17, 15) is 13.2 Å². The zero-order valence-corrected chi connectivity index (χ0v) is 16.2. The monoisotopic (exact) mass is 401 g/mol. The molecule has 0 saturated carbocycles. The maximum atomic E-state index is 13.3. The number of anilines is 2. The molecule has 4 nitrogen and oxygen atoms in total. The normalized spacial score (nSPS) is 11.5. The zero-order valence-electron chi connectivity index (χ0n) is 16.2. The van der Waals surface area contributed by atoms with E-state index in [1.54, 1.807) is 24.3 Å². The van der Waals surface area contributed by atoms with Crippen LogP contribution in [0.2, 0.25) is 0 Å². The predicted octanol–water partition coefficient (Wildman–Crippen LogP) is 6.02. The highest BCUT2D eigenvalue weighted by molar-refractivity contribution is 5.54. The van der Waals surface area contributed by atoms with Crippen LogP contribution in [0.25, 0.3) is 0 Å². The summed E-state index contributed by atoms with van der Waals surface area (Å²) in [5.41, 5.74) is 1.61. The van der Waals surface area contributed by atoms with Crippen molar-refractivity contribution in [2.45, 2.75) is 33.1 Å². The Hall–Kier alpha value is -3.09. The van der Waals surface area contributed by atoms with E-state index in [-0.39, 0.29) is 12.6 Å². The van der Waals surface area contributed by atoms with Crippen LogP contribution in [0.5, 0.6) is 5.88 Å².